The van der Waals surface area contributed by atoms with E-state index in [0.29, 0.717) is 25.0 Å². The fraction of sp³-hybridized carbons (Fsp3) is 0.652. The van der Waals surface area contributed by atoms with Gasteiger partial charge < -0.3 is 19.9 Å². The topological polar surface area (TPSA) is 61.9 Å². The fourth-order valence-corrected chi connectivity index (χ4v) is 4.65. The van der Waals surface area contributed by atoms with Gasteiger partial charge in [0.25, 0.3) is 0 Å². The number of carbonyl (C=O) groups excluding carboxylic acids is 2. The molecule has 0 aromatic heterocycles. The number of hydrogen-bond donors (Lipinski definition) is 1. The monoisotopic (exact) mass is 399 g/mol. The zero-order valence-electron chi connectivity index (χ0n) is 17.4. The summed E-state index contributed by atoms with van der Waals surface area (Å²) in [5.41, 5.74) is 2.05. The van der Waals surface area contributed by atoms with Gasteiger partial charge in [-0.25, -0.2) is 4.79 Å². The first kappa shape index (κ1) is 20.2. The number of amides is 3. The van der Waals surface area contributed by atoms with Crippen LogP contribution in [0, 0.1) is 5.92 Å². The molecular formula is C23H33N3O3. The number of urea groups is 1. The zero-order valence-corrected chi connectivity index (χ0v) is 17.4. The standard InChI is InChI=1S/C23H33N3O3/c1-2-17-5-3-4-6-21(17)24-23(28)25-13-9-19(10-14-25)26(22(27)18-7-8-18)20-11-15-29-16-12-20/h3-6,18-20H,2,7-16H2,1H3,(H,24,28). The molecule has 29 heavy (non-hydrogen) atoms. The lowest BCUT2D eigenvalue weighted by atomic mass is 9.97. The van der Waals surface area contributed by atoms with Crippen molar-refractivity contribution >= 4 is 17.6 Å². The van der Waals surface area contributed by atoms with Crippen molar-refractivity contribution in [2.24, 2.45) is 5.92 Å². The summed E-state index contributed by atoms with van der Waals surface area (Å²) in [6.45, 7) is 4.98. The molecule has 6 nitrogen and oxygen atoms in total. The Bertz CT molecular complexity index is 720. The molecule has 3 fully saturated rings. The minimum absolute atomic E-state index is 0.0320. The van der Waals surface area contributed by atoms with Crippen LogP contribution in [0.15, 0.2) is 24.3 Å². The van der Waals surface area contributed by atoms with Crippen LogP contribution in [0.2, 0.25) is 0 Å². The van der Waals surface area contributed by atoms with Crippen LogP contribution in [0.5, 0.6) is 0 Å². The van der Waals surface area contributed by atoms with Crippen LogP contribution in [-0.2, 0) is 16.0 Å². The molecule has 3 amide bonds. The second kappa shape index (κ2) is 9.16. The third kappa shape index (κ3) is 4.74. The summed E-state index contributed by atoms with van der Waals surface area (Å²) in [6, 6.07) is 8.49. The van der Waals surface area contributed by atoms with Gasteiger partial charge in [-0.2, -0.15) is 0 Å². The molecule has 0 spiro atoms. The number of nitrogens with zero attached hydrogens (tertiary/aromatic N) is 2. The predicted molar refractivity (Wildman–Crippen MR) is 113 cm³/mol. The van der Waals surface area contributed by atoms with Crippen molar-refractivity contribution < 1.29 is 14.3 Å². The first-order valence-corrected chi connectivity index (χ1v) is 11.2. The van der Waals surface area contributed by atoms with E-state index in [1.807, 2.05) is 23.1 Å². The summed E-state index contributed by atoms with van der Waals surface area (Å²) in [7, 11) is 0. The molecule has 4 rings (SSSR count). The van der Waals surface area contributed by atoms with Gasteiger partial charge in [-0.15, -0.1) is 0 Å². The molecule has 1 aliphatic carbocycles. The first-order chi connectivity index (χ1) is 14.2. The number of nitrogens with one attached hydrogen (secondary N) is 1. The minimum atomic E-state index is -0.0320. The van der Waals surface area contributed by atoms with Gasteiger partial charge in [0.05, 0.1) is 0 Å². The van der Waals surface area contributed by atoms with E-state index in [0.717, 1.165) is 69.4 Å². The number of piperidine rings is 1. The molecule has 6 heteroatoms. The van der Waals surface area contributed by atoms with E-state index in [9.17, 15) is 9.59 Å². The molecule has 0 bridgehead atoms. The van der Waals surface area contributed by atoms with Gasteiger partial charge in [0, 0.05) is 50.0 Å². The molecule has 0 atom stereocenters. The Morgan fingerprint density at radius 3 is 2.34 bits per heavy atom. The molecule has 1 aromatic carbocycles. The Labute approximate surface area is 173 Å². The summed E-state index contributed by atoms with van der Waals surface area (Å²) in [4.78, 5) is 29.9. The number of benzene rings is 1. The number of anilines is 1. The number of ether oxygens (including phenoxy) is 1. The van der Waals surface area contributed by atoms with E-state index in [2.05, 4.69) is 23.2 Å². The Balaban J connectivity index is 1.36. The maximum atomic E-state index is 13.0. The van der Waals surface area contributed by atoms with Crippen molar-refractivity contribution in [2.45, 2.75) is 64.0 Å². The summed E-state index contributed by atoms with van der Waals surface area (Å²) in [6.07, 6.45) is 6.56. The van der Waals surface area contributed by atoms with Gasteiger partial charge in [0.1, 0.15) is 0 Å². The van der Waals surface area contributed by atoms with Crippen LogP contribution in [0.1, 0.15) is 51.0 Å². The van der Waals surface area contributed by atoms with Crippen molar-refractivity contribution in [3.05, 3.63) is 29.8 Å². The second-order valence-corrected chi connectivity index (χ2v) is 8.52. The summed E-state index contributed by atoms with van der Waals surface area (Å²) in [5, 5.41) is 3.08. The lowest BCUT2D eigenvalue weighted by molar-refractivity contribution is -0.141. The van der Waals surface area contributed by atoms with Gasteiger partial charge >= 0.3 is 6.03 Å². The highest BCUT2D eigenvalue weighted by molar-refractivity contribution is 5.90. The Morgan fingerprint density at radius 1 is 1.03 bits per heavy atom. The molecule has 1 saturated carbocycles. The number of para-hydroxylation sites is 1. The molecule has 3 aliphatic rings. The summed E-state index contributed by atoms with van der Waals surface area (Å²) < 4.78 is 5.52. The third-order valence-electron chi connectivity index (χ3n) is 6.55. The van der Waals surface area contributed by atoms with Crippen LogP contribution < -0.4 is 5.32 Å². The van der Waals surface area contributed by atoms with Crippen molar-refractivity contribution in [2.75, 3.05) is 31.6 Å². The van der Waals surface area contributed by atoms with Crippen molar-refractivity contribution in [1.82, 2.24) is 9.80 Å². The van der Waals surface area contributed by atoms with Crippen LogP contribution in [0.25, 0.3) is 0 Å². The maximum Gasteiger partial charge on any atom is 0.321 e. The largest absolute Gasteiger partial charge is 0.381 e. The highest BCUT2D eigenvalue weighted by Gasteiger charge is 2.41. The van der Waals surface area contributed by atoms with E-state index < -0.39 is 0 Å². The molecule has 0 radical (unpaired) electrons. The van der Waals surface area contributed by atoms with Gasteiger partial charge in [0.15, 0.2) is 0 Å². The van der Waals surface area contributed by atoms with Crippen molar-refractivity contribution in [3.63, 3.8) is 0 Å². The van der Waals surface area contributed by atoms with E-state index in [-0.39, 0.29) is 18.0 Å². The number of hydrogen-bond acceptors (Lipinski definition) is 3. The van der Waals surface area contributed by atoms with Crippen molar-refractivity contribution in [3.8, 4) is 0 Å². The normalized spacial score (nSPS) is 21.1. The van der Waals surface area contributed by atoms with Crippen LogP contribution in [0.4, 0.5) is 10.5 Å². The average Bonchev–Trinajstić information content (AvgIpc) is 3.61. The SMILES string of the molecule is CCc1ccccc1NC(=O)N1CCC(N(C(=O)C2CC2)C2CCOCC2)CC1. The van der Waals surface area contributed by atoms with E-state index in [1.165, 1.54) is 0 Å². The molecule has 2 saturated heterocycles. The van der Waals surface area contributed by atoms with Crippen LogP contribution in [-0.4, -0.2) is 60.1 Å². The van der Waals surface area contributed by atoms with E-state index >= 15 is 0 Å². The molecule has 2 heterocycles. The number of likely N-dealkylation sites (tertiary alicyclic amines) is 1. The highest BCUT2D eigenvalue weighted by atomic mass is 16.5. The quantitative estimate of drug-likeness (QED) is 0.822. The smallest absolute Gasteiger partial charge is 0.321 e. The van der Waals surface area contributed by atoms with Crippen LogP contribution in [0.3, 0.4) is 0 Å². The third-order valence-corrected chi connectivity index (χ3v) is 6.55. The molecule has 158 valence electrons. The predicted octanol–water partition coefficient (Wildman–Crippen LogP) is 3.66. The fourth-order valence-electron chi connectivity index (χ4n) is 4.65. The van der Waals surface area contributed by atoms with Crippen LogP contribution >= 0.6 is 0 Å². The molecule has 0 unspecified atom stereocenters. The molecule has 1 N–H and O–H groups in total. The Kier molecular flexibility index (Phi) is 6.38. The van der Waals surface area contributed by atoms with Gasteiger partial charge in [-0.05, 0) is 56.6 Å². The van der Waals surface area contributed by atoms with Gasteiger partial charge in [-0.1, -0.05) is 25.1 Å². The zero-order chi connectivity index (χ0) is 20.2. The molecule has 1 aromatic rings. The summed E-state index contributed by atoms with van der Waals surface area (Å²) >= 11 is 0. The number of carbonyl (C=O) groups is 2. The summed E-state index contributed by atoms with van der Waals surface area (Å²) in [5.74, 6) is 0.585. The highest BCUT2D eigenvalue weighted by Crippen LogP contribution is 2.35. The number of rotatable bonds is 5. The second-order valence-electron chi connectivity index (χ2n) is 8.52. The van der Waals surface area contributed by atoms with E-state index in [1.54, 1.807) is 0 Å². The average molecular weight is 400 g/mol. The minimum Gasteiger partial charge on any atom is -0.381 e. The van der Waals surface area contributed by atoms with Gasteiger partial charge in [0.2, 0.25) is 5.91 Å². The van der Waals surface area contributed by atoms with Gasteiger partial charge in [-0.3, -0.25) is 4.79 Å². The lowest BCUT2D eigenvalue weighted by Crippen LogP contribution is -2.54. The first-order valence-electron chi connectivity index (χ1n) is 11.2. The van der Waals surface area contributed by atoms with E-state index in [4.69, 9.17) is 4.74 Å². The Hall–Kier alpha value is -2.08. The Morgan fingerprint density at radius 2 is 1.69 bits per heavy atom. The molecular weight excluding hydrogens is 366 g/mol. The number of aryl methyl sites for hydroxylation is 1. The maximum absolute atomic E-state index is 13.0. The lowest BCUT2D eigenvalue weighted by Gasteiger charge is -2.43. The molecule has 2 aliphatic heterocycles. The van der Waals surface area contributed by atoms with Crippen molar-refractivity contribution in [1.29, 1.82) is 0 Å².